The van der Waals surface area contributed by atoms with Crippen LogP contribution in [0.4, 0.5) is 0 Å². The molecule has 1 aliphatic rings. The van der Waals surface area contributed by atoms with Crippen molar-refractivity contribution in [3.8, 4) is 0 Å². The van der Waals surface area contributed by atoms with Gasteiger partial charge in [0, 0.05) is 5.75 Å². The summed E-state index contributed by atoms with van der Waals surface area (Å²) in [6.45, 7) is 1.72. The molecule has 5 nitrogen and oxygen atoms in total. The van der Waals surface area contributed by atoms with Crippen LogP contribution < -0.4 is 5.32 Å². The number of carbonyl (C=O) groups is 2. The molecule has 3 N–H and O–H groups in total. The number of rotatable bonds is 3. The highest BCUT2D eigenvalue weighted by Crippen LogP contribution is 2.33. The van der Waals surface area contributed by atoms with E-state index < -0.39 is 22.9 Å². The smallest absolute Gasteiger partial charge is 0.334 e. The first kappa shape index (κ1) is 13.2. The van der Waals surface area contributed by atoms with Crippen molar-refractivity contribution in [3.63, 3.8) is 0 Å². The fourth-order valence-electron chi connectivity index (χ4n) is 1.20. The second-order valence-corrected chi connectivity index (χ2v) is 4.15. The van der Waals surface area contributed by atoms with Crippen LogP contribution in [0.5, 0.6) is 0 Å². The van der Waals surface area contributed by atoms with E-state index in [0.717, 1.165) is 11.8 Å². The number of carboxylic acid groups (broad SMARTS) is 2. The molecule has 82 valence electrons. The SMILES string of the molecule is C.CCC1(C(=O)O)N[C@H](C(=O)O)CS1. The first-order valence-electron chi connectivity index (χ1n) is 3.89. The number of aliphatic carboxylic acids is 2. The van der Waals surface area contributed by atoms with Crippen LogP contribution in [0.3, 0.4) is 0 Å². The largest absolute Gasteiger partial charge is 0.480 e. The lowest BCUT2D eigenvalue weighted by atomic mass is 10.2. The summed E-state index contributed by atoms with van der Waals surface area (Å²) in [6.07, 6.45) is 0.372. The summed E-state index contributed by atoms with van der Waals surface area (Å²) in [7, 11) is 0. The summed E-state index contributed by atoms with van der Waals surface area (Å²) >= 11 is 1.14. The van der Waals surface area contributed by atoms with Gasteiger partial charge >= 0.3 is 11.9 Å². The summed E-state index contributed by atoms with van der Waals surface area (Å²) in [5.41, 5.74) is 0. The minimum absolute atomic E-state index is 0. The highest BCUT2D eigenvalue weighted by Gasteiger charge is 2.46. The maximum atomic E-state index is 10.8. The second-order valence-electron chi connectivity index (χ2n) is 2.83. The van der Waals surface area contributed by atoms with Crippen molar-refractivity contribution in [2.24, 2.45) is 0 Å². The third-order valence-electron chi connectivity index (χ3n) is 2.05. The number of carboxylic acids is 2. The molecule has 0 aliphatic carbocycles. The average molecular weight is 221 g/mol. The van der Waals surface area contributed by atoms with Crippen LogP contribution in [0, 0.1) is 0 Å². The van der Waals surface area contributed by atoms with Gasteiger partial charge in [-0.25, -0.2) is 4.79 Å². The van der Waals surface area contributed by atoms with Gasteiger partial charge in [0.1, 0.15) is 6.04 Å². The van der Waals surface area contributed by atoms with E-state index in [-0.39, 0.29) is 7.43 Å². The molecule has 0 aromatic rings. The van der Waals surface area contributed by atoms with Crippen LogP contribution >= 0.6 is 11.8 Å². The molecule has 0 radical (unpaired) electrons. The summed E-state index contributed by atoms with van der Waals surface area (Å²) in [4.78, 5) is 20.3. The predicted octanol–water partition coefficient (Wildman–Crippen LogP) is 0.603. The van der Waals surface area contributed by atoms with Crippen molar-refractivity contribution >= 4 is 23.7 Å². The van der Waals surface area contributed by atoms with E-state index in [0.29, 0.717) is 12.2 Å². The Hall–Kier alpha value is -0.750. The maximum Gasteiger partial charge on any atom is 0.334 e. The number of nitrogens with one attached hydrogen (secondary N) is 1. The van der Waals surface area contributed by atoms with Gasteiger partial charge in [0.2, 0.25) is 0 Å². The first-order chi connectivity index (χ1) is 6.02. The fraction of sp³-hybridized carbons (Fsp3) is 0.750. The molecule has 1 fully saturated rings. The lowest BCUT2D eigenvalue weighted by molar-refractivity contribution is -0.142. The monoisotopic (exact) mass is 221 g/mol. The van der Waals surface area contributed by atoms with Crippen LogP contribution in [0.2, 0.25) is 0 Å². The highest BCUT2D eigenvalue weighted by atomic mass is 32.2. The van der Waals surface area contributed by atoms with Crippen molar-refractivity contribution in [2.45, 2.75) is 31.7 Å². The average Bonchev–Trinajstić information content (AvgIpc) is 2.49. The Morgan fingerprint density at radius 2 is 2.14 bits per heavy atom. The third kappa shape index (κ3) is 2.19. The summed E-state index contributed by atoms with van der Waals surface area (Å²) in [6, 6.07) is -0.749. The third-order valence-corrected chi connectivity index (χ3v) is 3.62. The van der Waals surface area contributed by atoms with E-state index in [1.807, 2.05) is 0 Å². The molecule has 6 heteroatoms. The highest BCUT2D eigenvalue weighted by molar-refractivity contribution is 8.01. The minimum atomic E-state index is -1.11. The van der Waals surface area contributed by atoms with Gasteiger partial charge in [0.15, 0.2) is 4.87 Å². The Morgan fingerprint density at radius 1 is 1.57 bits per heavy atom. The van der Waals surface area contributed by atoms with Gasteiger partial charge in [-0.15, -0.1) is 11.8 Å². The van der Waals surface area contributed by atoms with Gasteiger partial charge in [-0.2, -0.15) is 0 Å². The second kappa shape index (κ2) is 4.65. The molecule has 14 heavy (non-hydrogen) atoms. The Labute approximate surface area is 86.9 Å². The Bertz CT molecular complexity index is 245. The fourth-order valence-corrected chi connectivity index (χ4v) is 2.43. The van der Waals surface area contributed by atoms with Crippen molar-refractivity contribution < 1.29 is 19.8 Å². The zero-order valence-electron chi connectivity index (χ0n) is 7.11. The topological polar surface area (TPSA) is 86.6 Å². The molecule has 0 amide bonds. The molecule has 1 aliphatic heterocycles. The van der Waals surface area contributed by atoms with Gasteiger partial charge in [0.25, 0.3) is 0 Å². The molecule has 0 aromatic carbocycles. The van der Waals surface area contributed by atoms with E-state index in [4.69, 9.17) is 10.2 Å². The molecule has 2 atom stereocenters. The van der Waals surface area contributed by atoms with Crippen molar-refractivity contribution in [2.75, 3.05) is 5.75 Å². The molecule has 0 aromatic heterocycles. The standard InChI is InChI=1S/C7H11NO4S.CH4/c1-2-7(6(11)12)8-4(3-13-7)5(9)10;/h4,8H,2-3H2,1H3,(H,9,10)(H,11,12);1H4/t4-,7?;/m0./s1. The van der Waals surface area contributed by atoms with E-state index in [1.165, 1.54) is 0 Å². The molecular weight excluding hydrogens is 206 g/mol. The van der Waals surface area contributed by atoms with Crippen molar-refractivity contribution in [1.29, 1.82) is 0 Å². The molecule has 1 unspecified atom stereocenters. The van der Waals surface area contributed by atoms with Crippen molar-refractivity contribution in [3.05, 3.63) is 0 Å². The molecule has 1 rings (SSSR count). The zero-order valence-corrected chi connectivity index (χ0v) is 7.93. The maximum absolute atomic E-state index is 10.8. The van der Waals surface area contributed by atoms with E-state index in [9.17, 15) is 9.59 Å². The van der Waals surface area contributed by atoms with Crippen LogP contribution in [-0.2, 0) is 9.59 Å². The number of thioether (sulfide) groups is 1. The minimum Gasteiger partial charge on any atom is -0.480 e. The van der Waals surface area contributed by atoms with Crippen LogP contribution in [0.15, 0.2) is 0 Å². The lowest BCUT2D eigenvalue weighted by Gasteiger charge is -2.21. The first-order valence-corrected chi connectivity index (χ1v) is 4.88. The Kier molecular flexibility index (Phi) is 4.41. The van der Waals surface area contributed by atoms with Gasteiger partial charge in [-0.05, 0) is 6.42 Å². The van der Waals surface area contributed by atoms with E-state index in [2.05, 4.69) is 5.32 Å². The van der Waals surface area contributed by atoms with Gasteiger partial charge < -0.3 is 10.2 Å². The molecule has 0 saturated carbocycles. The van der Waals surface area contributed by atoms with Gasteiger partial charge in [-0.1, -0.05) is 14.4 Å². The van der Waals surface area contributed by atoms with Crippen molar-refractivity contribution in [1.82, 2.24) is 5.32 Å². The Balaban J connectivity index is 0.00000169. The quantitative estimate of drug-likeness (QED) is 0.647. The van der Waals surface area contributed by atoms with Crippen LogP contribution in [0.1, 0.15) is 20.8 Å². The number of hydrogen-bond donors (Lipinski definition) is 3. The molecular formula is C8H15NO4S. The molecule has 0 bridgehead atoms. The van der Waals surface area contributed by atoms with Crippen LogP contribution in [0.25, 0.3) is 0 Å². The summed E-state index contributed by atoms with van der Waals surface area (Å²) in [5.74, 6) is -1.69. The summed E-state index contributed by atoms with van der Waals surface area (Å²) in [5, 5.41) is 20.2. The van der Waals surface area contributed by atoms with Gasteiger partial charge in [-0.3, -0.25) is 10.1 Å². The predicted molar refractivity (Wildman–Crippen MR) is 54.4 cm³/mol. The van der Waals surface area contributed by atoms with Crippen LogP contribution in [-0.4, -0.2) is 38.8 Å². The zero-order chi connectivity index (χ0) is 10.1. The Morgan fingerprint density at radius 3 is 2.36 bits per heavy atom. The summed E-state index contributed by atoms with van der Waals surface area (Å²) < 4.78 is 0. The van der Waals surface area contributed by atoms with E-state index >= 15 is 0 Å². The normalized spacial score (nSPS) is 30.8. The number of hydrogen-bond acceptors (Lipinski definition) is 4. The van der Waals surface area contributed by atoms with E-state index in [1.54, 1.807) is 6.92 Å². The molecule has 0 spiro atoms. The molecule has 1 heterocycles. The molecule has 1 saturated heterocycles. The van der Waals surface area contributed by atoms with Gasteiger partial charge in [0.05, 0.1) is 0 Å². The lowest BCUT2D eigenvalue weighted by Crippen LogP contribution is -2.49.